The van der Waals surface area contributed by atoms with E-state index in [-0.39, 0.29) is 0 Å². The molecule has 0 aromatic heterocycles. The van der Waals surface area contributed by atoms with E-state index in [4.69, 9.17) is 21.1 Å². The van der Waals surface area contributed by atoms with Crippen molar-refractivity contribution in [2.45, 2.75) is 72.0 Å². The summed E-state index contributed by atoms with van der Waals surface area (Å²) in [5.41, 5.74) is 0.955. The lowest BCUT2D eigenvalue weighted by atomic mass is 10.1. The Morgan fingerprint density at radius 1 is 0.862 bits per heavy atom. The molecule has 1 aromatic rings. The predicted molar refractivity (Wildman–Crippen MR) is 119 cm³/mol. The molecule has 0 atom stereocenters. The van der Waals surface area contributed by atoms with Gasteiger partial charge in [-0.1, -0.05) is 6.07 Å². The summed E-state index contributed by atoms with van der Waals surface area (Å²) in [7, 11) is 3.27. The van der Waals surface area contributed by atoms with Gasteiger partial charge in [0.25, 0.3) is 0 Å². The maximum absolute atomic E-state index is 12.7. The van der Waals surface area contributed by atoms with Gasteiger partial charge in [-0.2, -0.15) is 0 Å². The van der Waals surface area contributed by atoms with Gasteiger partial charge >= 0.3 is 12.2 Å². The second-order valence-electron chi connectivity index (χ2n) is 9.05. The van der Waals surface area contributed by atoms with Gasteiger partial charge in [0, 0.05) is 20.0 Å². The molecule has 29 heavy (non-hydrogen) atoms. The average molecular weight is 427 g/mol. The highest BCUT2D eigenvalue weighted by molar-refractivity contribution is 6.17. The first kappa shape index (κ1) is 25.1. The van der Waals surface area contributed by atoms with E-state index in [2.05, 4.69) is 0 Å². The van der Waals surface area contributed by atoms with E-state index in [1.54, 1.807) is 14.1 Å². The minimum atomic E-state index is -0.624. The van der Waals surface area contributed by atoms with Crippen LogP contribution in [-0.2, 0) is 15.9 Å². The van der Waals surface area contributed by atoms with Crippen LogP contribution >= 0.6 is 11.6 Å². The van der Waals surface area contributed by atoms with E-state index in [9.17, 15) is 9.59 Å². The number of alkyl halides is 1. The first-order chi connectivity index (χ1) is 13.2. The zero-order chi connectivity index (χ0) is 22.4. The Balaban J connectivity index is 3.25. The zero-order valence-electron chi connectivity index (χ0n) is 19.0. The highest BCUT2D eigenvalue weighted by Crippen LogP contribution is 2.32. The number of hydrogen-bond acceptors (Lipinski definition) is 4. The van der Waals surface area contributed by atoms with Crippen molar-refractivity contribution in [3.8, 4) is 0 Å². The van der Waals surface area contributed by atoms with Gasteiger partial charge < -0.3 is 9.47 Å². The molecule has 0 saturated carbocycles. The minimum Gasteiger partial charge on any atom is -0.443 e. The summed E-state index contributed by atoms with van der Waals surface area (Å²) in [6.45, 7) is 10.9. The second kappa shape index (κ2) is 10.2. The molecule has 0 aliphatic heterocycles. The van der Waals surface area contributed by atoms with Gasteiger partial charge in [-0.15, -0.1) is 11.6 Å². The van der Waals surface area contributed by atoms with Gasteiger partial charge in [0.1, 0.15) is 11.2 Å². The fourth-order valence-corrected chi connectivity index (χ4v) is 2.75. The number of anilines is 2. The van der Waals surface area contributed by atoms with E-state index < -0.39 is 23.4 Å². The summed E-state index contributed by atoms with van der Waals surface area (Å²) in [6, 6.07) is 5.70. The number of halogens is 1. The van der Waals surface area contributed by atoms with E-state index in [1.165, 1.54) is 9.80 Å². The van der Waals surface area contributed by atoms with Gasteiger partial charge in [0.2, 0.25) is 0 Å². The lowest BCUT2D eigenvalue weighted by Crippen LogP contribution is -2.37. The van der Waals surface area contributed by atoms with Crippen LogP contribution in [0, 0.1) is 0 Å². The maximum atomic E-state index is 12.7. The number of nitrogens with zero attached hydrogens (tertiary/aromatic N) is 2. The quantitative estimate of drug-likeness (QED) is 0.414. The molecule has 0 heterocycles. The van der Waals surface area contributed by atoms with Gasteiger partial charge in [-0.3, -0.25) is 9.80 Å². The van der Waals surface area contributed by atoms with Crippen LogP contribution in [0.5, 0.6) is 0 Å². The molecule has 1 aromatic carbocycles. The lowest BCUT2D eigenvalue weighted by Gasteiger charge is -2.30. The number of benzene rings is 1. The number of ether oxygens (including phenoxy) is 2. The van der Waals surface area contributed by atoms with Crippen molar-refractivity contribution in [3.63, 3.8) is 0 Å². The van der Waals surface area contributed by atoms with Crippen LogP contribution < -0.4 is 9.80 Å². The van der Waals surface area contributed by atoms with Crippen molar-refractivity contribution >= 4 is 35.2 Å². The van der Waals surface area contributed by atoms with Crippen LogP contribution in [0.1, 0.15) is 59.9 Å². The SMILES string of the molecule is CN(C(=O)OC(C)(C)C)c1ccc(CCCCCl)cc1N(C)C(=O)OC(C)(C)C. The first-order valence-electron chi connectivity index (χ1n) is 9.87. The van der Waals surface area contributed by atoms with Crippen LogP contribution in [0.2, 0.25) is 0 Å². The molecule has 0 bridgehead atoms. The summed E-state index contributed by atoms with van der Waals surface area (Å²) >= 11 is 5.78. The fourth-order valence-electron chi connectivity index (χ4n) is 2.56. The Hall–Kier alpha value is -1.95. The third-order valence-electron chi connectivity index (χ3n) is 3.95. The van der Waals surface area contributed by atoms with E-state index >= 15 is 0 Å². The van der Waals surface area contributed by atoms with Crippen LogP contribution in [0.3, 0.4) is 0 Å². The summed E-state index contributed by atoms with van der Waals surface area (Å²) < 4.78 is 11.0. The number of carbonyl (C=O) groups is 2. The van der Waals surface area contributed by atoms with Crippen molar-refractivity contribution in [1.29, 1.82) is 0 Å². The zero-order valence-corrected chi connectivity index (χ0v) is 19.7. The Morgan fingerprint density at radius 3 is 1.79 bits per heavy atom. The number of carbonyl (C=O) groups excluding carboxylic acids is 2. The number of hydrogen-bond donors (Lipinski definition) is 0. The molecule has 0 radical (unpaired) electrons. The molecule has 164 valence electrons. The Labute approximate surface area is 180 Å². The second-order valence-corrected chi connectivity index (χ2v) is 9.43. The molecule has 0 unspecified atom stereocenters. The van der Waals surface area contributed by atoms with E-state index in [0.29, 0.717) is 17.3 Å². The van der Waals surface area contributed by atoms with Crippen LogP contribution in [0.15, 0.2) is 18.2 Å². The van der Waals surface area contributed by atoms with E-state index in [1.807, 2.05) is 59.7 Å². The molecule has 2 amide bonds. The molecule has 0 saturated heterocycles. The molecule has 7 heteroatoms. The monoisotopic (exact) mass is 426 g/mol. The largest absolute Gasteiger partial charge is 0.443 e. The van der Waals surface area contributed by atoms with Gasteiger partial charge in [-0.05, 0) is 78.5 Å². The molecule has 0 aliphatic carbocycles. The topological polar surface area (TPSA) is 59.1 Å². The third kappa shape index (κ3) is 8.52. The van der Waals surface area contributed by atoms with Crippen molar-refractivity contribution < 1.29 is 19.1 Å². The summed E-state index contributed by atoms with van der Waals surface area (Å²) in [5.74, 6) is 0.615. The molecule has 0 fully saturated rings. The summed E-state index contributed by atoms with van der Waals surface area (Å²) in [5, 5.41) is 0. The Morgan fingerprint density at radius 2 is 1.34 bits per heavy atom. The van der Waals surface area contributed by atoms with Crippen molar-refractivity contribution in [2.75, 3.05) is 29.8 Å². The summed E-state index contributed by atoms with van der Waals surface area (Å²) in [6.07, 6.45) is 1.71. The predicted octanol–water partition coefficient (Wildman–Crippen LogP) is 5.99. The van der Waals surface area contributed by atoms with Gasteiger partial charge in [-0.25, -0.2) is 9.59 Å². The normalized spacial score (nSPS) is 11.8. The third-order valence-corrected chi connectivity index (χ3v) is 4.21. The first-order valence-corrected chi connectivity index (χ1v) is 10.4. The Kier molecular flexibility index (Phi) is 8.82. The van der Waals surface area contributed by atoms with Gasteiger partial charge in [0.05, 0.1) is 11.4 Å². The van der Waals surface area contributed by atoms with Gasteiger partial charge in [0.15, 0.2) is 0 Å². The fraction of sp³-hybridized carbons (Fsp3) is 0.636. The molecular weight excluding hydrogens is 392 g/mol. The minimum absolute atomic E-state index is 0.491. The van der Waals surface area contributed by atoms with Crippen molar-refractivity contribution in [2.24, 2.45) is 0 Å². The van der Waals surface area contributed by atoms with E-state index in [0.717, 1.165) is 24.8 Å². The van der Waals surface area contributed by atoms with Crippen LogP contribution in [0.25, 0.3) is 0 Å². The molecule has 6 nitrogen and oxygen atoms in total. The maximum Gasteiger partial charge on any atom is 0.414 e. The molecule has 1 rings (SSSR count). The standard InChI is InChI=1S/C22H35ClN2O4/c1-21(2,3)28-19(26)24(7)17-13-12-16(11-9-10-14-23)15-18(17)25(8)20(27)29-22(4,5)6/h12-13,15H,9-11,14H2,1-8H3. The molecular formula is C22H35ClN2O4. The molecule has 0 N–H and O–H groups in total. The summed E-state index contributed by atoms with van der Waals surface area (Å²) in [4.78, 5) is 28.1. The van der Waals surface area contributed by atoms with Crippen molar-refractivity contribution in [3.05, 3.63) is 23.8 Å². The number of amides is 2. The number of aryl methyl sites for hydroxylation is 1. The number of unbranched alkanes of at least 4 members (excludes halogenated alkanes) is 1. The highest BCUT2D eigenvalue weighted by Gasteiger charge is 2.27. The Bertz CT molecular complexity index is 708. The lowest BCUT2D eigenvalue weighted by molar-refractivity contribution is 0.0572. The van der Waals surface area contributed by atoms with Crippen LogP contribution in [-0.4, -0.2) is 43.4 Å². The van der Waals surface area contributed by atoms with Crippen molar-refractivity contribution in [1.82, 2.24) is 0 Å². The molecule has 0 spiro atoms. The molecule has 0 aliphatic rings. The number of rotatable bonds is 6. The highest BCUT2D eigenvalue weighted by atomic mass is 35.5. The average Bonchev–Trinajstić information content (AvgIpc) is 2.57. The smallest absolute Gasteiger partial charge is 0.414 e. The van der Waals surface area contributed by atoms with Crippen LogP contribution in [0.4, 0.5) is 21.0 Å².